The molecule has 0 radical (unpaired) electrons. The van der Waals surface area contributed by atoms with Gasteiger partial charge in [-0.15, -0.1) is 0 Å². The fourth-order valence-electron chi connectivity index (χ4n) is 3.76. The highest BCUT2D eigenvalue weighted by atomic mass is 32.2. The summed E-state index contributed by atoms with van der Waals surface area (Å²) in [5.41, 5.74) is 5.05. The molecule has 3 aromatic carbocycles. The molecule has 3 aromatic rings. The van der Waals surface area contributed by atoms with Gasteiger partial charge in [-0.2, -0.15) is 11.8 Å². The smallest absolute Gasteiger partial charge is 0.326 e. The number of nitrogens with one attached hydrogen (secondary N) is 1. The minimum absolute atomic E-state index is 0.359. The Kier molecular flexibility index (Phi) is 9.76. The zero-order valence-corrected chi connectivity index (χ0v) is 21.1. The molecular weight excluding hydrogens is 462 g/mol. The molecule has 0 spiro atoms. The largest absolute Gasteiger partial charge is 0.497 e. The van der Waals surface area contributed by atoms with Crippen LogP contribution in [0, 0.1) is 6.92 Å². The van der Waals surface area contributed by atoms with Crippen LogP contribution < -0.4 is 10.1 Å². The van der Waals surface area contributed by atoms with Crippen LogP contribution in [0.25, 0.3) is 11.1 Å². The Morgan fingerprint density at radius 3 is 2.40 bits per heavy atom. The van der Waals surface area contributed by atoms with Gasteiger partial charge in [0.05, 0.1) is 20.3 Å². The van der Waals surface area contributed by atoms with E-state index in [0.717, 1.165) is 33.6 Å². The number of methoxy groups -OCH3 is 1. The van der Waals surface area contributed by atoms with Crippen LogP contribution in [0.5, 0.6) is 5.75 Å². The summed E-state index contributed by atoms with van der Waals surface area (Å²) in [5.74, 6) is -0.0145. The average Bonchev–Trinajstić information content (AvgIpc) is 2.86. The van der Waals surface area contributed by atoms with Gasteiger partial charge in [-0.1, -0.05) is 42.5 Å². The Hall–Kier alpha value is -3.29. The fourth-order valence-corrected chi connectivity index (χ4v) is 4.23. The lowest BCUT2D eigenvalue weighted by Gasteiger charge is -2.18. The van der Waals surface area contributed by atoms with E-state index in [1.807, 2.05) is 73.8 Å². The molecule has 1 amide bonds. The standard InChI is InChI=1S/C28H31NO5S/c1-19-7-4-5-10-23(19)25-16-21(18-34-17-20-8-6-9-22(15-20)33-2)11-12-24(25)27(30)29-26(28(31)32)13-14-35-3/h4-12,15-16,26H,13-14,17-18H2,1-3H3,(H,29,30)(H,31,32). The molecule has 184 valence electrons. The molecule has 6 nitrogen and oxygen atoms in total. The summed E-state index contributed by atoms with van der Waals surface area (Å²) in [6.07, 6.45) is 2.27. The summed E-state index contributed by atoms with van der Waals surface area (Å²) in [7, 11) is 1.63. The summed E-state index contributed by atoms with van der Waals surface area (Å²) >= 11 is 1.55. The third-order valence-electron chi connectivity index (χ3n) is 5.65. The molecule has 0 saturated carbocycles. The number of aliphatic carboxylic acids is 1. The maximum Gasteiger partial charge on any atom is 0.326 e. The highest BCUT2D eigenvalue weighted by Gasteiger charge is 2.22. The van der Waals surface area contributed by atoms with Gasteiger partial charge in [0.1, 0.15) is 11.8 Å². The zero-order valence-electron chi connectivity index (χ0n) is 20.2. The number of amides is 1. The quantitative estimate of drug-likeness (QED) is 0.355. The number of hydrogen-bond acceptors (Lipinski definition) is 5. The molecular formula is C28H31NO5S. The molecule has 0 saturated heterocycles. The lowest BCUT2D eigenvalue weighted by molar-refractivity contribution is -0.139. The third kappa shape index (κ3) is 7.34. The van der Waals surface area contributed by atoms with Crippen molar-refractivity contribution in [3.63, 3.8) is 0 Å². The first-order chi connectivity index (χ1) is 16.9. The summed E-state index contributed by atoms with van der Waals surface area (Å²) in [6.45, 7) is 2.78. The van der Waals surface area contributed by atoms with Crippen molar-refractivity contribution in [2.24, 2.45) is 0 Å². The summed E-state index contributed by atoms with van der Waals surface area (Å²) in [5, 5.41) is 12.2. The first-order valence-electron chi connectivity index (χ1n) is 11.3. The van der Waals surface area contributed by atoms with Gasteiger partial charge >= 0.3 is 5.97 Å². The maximum absolute atomic E-state index is 13.2. The summed E-state index contributed by atoms with van der Waals surface area (Å²) in [6, 6.07) is 20.1. The van der Waals surface area contributed by atoms with E-state index in [1.54, 1.807) is 24.9 Å². The SMILES string of the molecule is COc1cccc(COCc2ccc(C(=O)NC(CCSC)C(=O)O)c(-c3ccccc3C)c2)c1. The van der Waals surface area contributed by atoms with Gasteiger partial charge in [0, 0.05) is 5.56 Å². The molecule has 1 unspecified atom stereocenters. The van der Waals surface area contributed by atoms with E-state index in [0.29, 0.717) is 31.0 Å². The minimum Gasteiger partial charge on any atom is -0.497 e. The van der Waals surface area contributed by atoms with Crippen LogP contribution in [-0.2, 0) is 22.7 Å². The highest BCUT2D eigenvalue weighted by molar-refractivity contribution is 7.98. The van der Waals surface area contributed by atoms with Gasteiger partial charge < -0.3 is 19.9 Å². The molecule has 2 N–H and O–H groups in total. The molecule has 0 fully saturated rings. The van der Waals surface area contributed by atoms with E-state index in [9.17, 15) is 14.7 Å². The summed E-state index contributed by atoms with van der Waals surface area (Å²) in [4.78, 5) is 24.8. The molecule has 7 heteroatoms. The van der Waals surface area contributed by atoms with Crippen LogP contribution in [0.3, 0.4) is 0 Å². The Bertz CT molecular complexity index is 1160. The molecule has 3 rings (SSSR count). The normalized spacial score (nSPS) is 11.6. The van der Waals surface area contributed by atoms with E-state index >= 15 is 0 Å². The topological polar surface area (TPSA) is 84.9 Å². The summed E-state index contributed by atoms with van der Waals surface area (Å²) < 4.78 is 11.2. The number of hydrogen-bond donors (Lipinski definition) is 2. The number of benzene rings is 3. The number of aryl methyl sites for hydroxylation is 1. The van der Waals surface area contributed by atoms with E-state index in [-0.39, 0.29) is 0 Å². The zero-order chi connectivity index (χ0) is 25.2. The van der Waals surface area contributed by atoms with Gasteiger partial charge in [0.15, 0.2) is 0 Å². The lowest BCUT2D eigenvalue weighted by atomic mass is 9.93. The first-order valence-corrected chi connectivity index (χ1v) is 12.7. The van der Waals surface area contributed by atoms with Crippen LogP contribution in [-0.4, -0.2) is 42.1 Å². The maximum atomic E-state index is 13.2. The van der Waals surface area contributed by atoms with E-state index in [2.05, 4.69) is 5.32 Å². The molecule has 0 aliphatic carbocycles. The number of carboxylic acid groups (broad SMARTS) is 1. The Morgan fingerprint density at radius 1 is 0.971 bits per heavy atom. The van der Waals surface area contributed by atoms with Crippen molar-refractivity contribution < 1.29 is 24.2 Å². The highest BCUT2D eigenvalue weighted by Crippen LogP contribution is 2.29. The van der Waals surface area contributed by atoms with Crippen LogP contribution in [0.15, 0.2) is 66.7 Å². The molecule has 0 aliphatic rings. The van der Waals surface area contributed by atoms with Crippen LogP contribution >= 0.6 is 11.8 Å². The molecule has 35 heavy (non-hydrogen) atoms. The molecule has 0 aliphatic heterocycles. The number of carbonyl (C=O) groups excluding carboxylic acids is 1. The molecule has 1 atom stereocenters. The van der Waals surface area contributed by atoms with Crippen LogP contribution in [0.4, 0.5) is 0 Å². The average molecular weight is 494 g/mol. The lowest BCUT2D eigenvalue weighted by Crippen LogP contribution is -2.41. The minimum atomic E-state index is -1.03. The van der Waals surface area contributed by atoms with Crippen molar-refractivity contribution in [1.82, 2.24) is 5.32 Å². The van der Waals surface area contributed by atoms with E-state index in [4.69, 9.17) is 9.47 Å². The number of rotatable bonds is 12. The van der Waals surface area contributed by atoms with Gasteiger partial charge in [0.2, 0.25) is 0 Å². The number of ether oxygens (including phenoxy) is 2. The van der Waals surface area contributed by atoms with Crippen molar-refractivity contribution in [3.8, 4) is 16.9 Å². The van der Waals surface area contributed by atoms with Crippen molar-refractivity contribution in [3.05, 3.63) is 89.0 Å². The Morgan fingerprint density at radius 2 is 1.71 bits per heavy atom. The third-order valence-corrected chi connectivity index (χ3v) is 6.29. The second-order valence-electron chi connectivity index (χ2n) is 8.18. The van der Waals surface area contributed by atoms with Gasteiger partial charge in [-0.3, -0.25) is 4.79 Å². The van der Waals surface area contributed by atoms with Crippen molar-refractivity contribution in [1.29, 1.82) is 0 Å². The molecule has 0 heterocycles. The van der Waals surface area contributed by atoms with Gasteiger partial charge in [0.25, 0.3) is 5.91 Å². The molecule has 0 bridgehead atoms. The predicted molar refractivity (Wildman–Crippen MR) is 140 cm³/mol. The van der Waals surface area contributed by atoms with E-state index in [1.165, 1.54) is 0 Å². The second-order valence-corrected chi connectivity index (χ2v) is 9.17. The van der Waals surface area contributed by atoms with Crippen molar-refractivity contribution in [2.45, 2.75) is 32.6 Å². The van der Waals surface area contributed by atoms with Gasteiger partial charge in [-0.25, -0.2) is 4.79 Å². The van der Waals surface area contributed by atoms with Crippen molar-refractivity contribution >= 4 is 23.6 Å². The van der Waals surface area contributed by atoms with Crippen LogP contribution in [0.1, 0.15) is 33.5 Å². The first kappa shape index (κ1) is 26.3. The Labute approximate surface area is 210 Å². The predicted octanol–water partition coefficient (Wildman–Crippen LogP) is 5.32. The second kappa shape index (κ2) is 13.0. The number of carbonyl (C=O) groups is 2. The fraction of sp³-hybridized carbons (Fsp3) is 0.286. The Balaban J connectivity index is 1.83. The van der Waals surface area contributed by atoms with Crippen LogP contribution in [0.2, 0.25) is 0 Å². The van der Waals surface area contributed by atoms with E-state index < -0.39 is 17.9 Å². The number of thioether (sulfide) groups is 1. The monoisotopic (exact) mass is 493 g/mol. The van der Waals surface area contributed by atoms with Crippen molar-refractivity contribution in [2.75, 3.05) is 19.1 Å². The van der Waals surface area contributed by atoms with Gasteiger partial charge in [-0.05, 0) is 77.4 Å². The number of carboxylic acids is 1. The molecule has 0 aromatic heterocycles.